The monoisotopic (exact) mass is 413 g/mol. The highest BCUT2D eigenvalue weighted by Gasteiger charge is 2.25. The molecule has 1 saturated heterocycles. The molecule has 0 atom stereocenters. The van der Waals surface area contributed by atoms with E-state index in [0.29, 0.717) is 24.5 Å². The van der Waals surface area contributed by atoms with Crippen molar-refractivity contribution in [3.63, 3.8) is 0 Å². The molecular weight excluding hydrogens is 386 g/mol. The standard InChI is InChI=1S/C23H28ClN3O2/c1-23(2,18-6-4-3-5-7-18)16-21(28)25-17-22(29)27-14-12-26(13-15-27)20-10-8-19(24)9-11-20/h3-11H,12-17H2,1-2H3,(H,25,28). The number of rotatable bonds is 6. The maximum absolute atomic E-state index is 12.5. The van der Waals surface area contributed by atoms with E-state index >= 15 is 0 Å². The number of benzene rings is 2. The fourth-order valence-electron chi connectivity index (χ4n) is 3.61. The molecule has 1 aliphatic rings. The predicted molar refractivity (Wildman–Crippen MR) is 117 cm³/mol. The van der Waals surface area contributed by atoms with E-state index in [-0.39, 0.29) is 23.8 Å². The Kier molecular flexibility index (Phi) is 6.80. The summed E-state index contributed by atoms with van der Waals surface area (Å²) in [7, 11) is 0. The lowest BCUT2D eigenvalue weighted by molar-refractivity contribution is -0.133. The first kappa shape index (κ1) is 21.2. The molecule has 1 heterocycles. The van der Waals surface area contributed by atoms with Crippen LogP contribution in [0.3, 0.4) is 0 Å². The van der Waals surface area contributed by atoms with Gasteiger partial charge in [0.25, 0.3) is 0 Å². The van der Waals surface area contributed by atoms with Gasteiger partial charge in [-0.15, -0.1) is 0 Å². The van der Waals surface area contributed by atoms with Crippen molar-refractivity contribution in [3.05, 3.63) is 65.2 Å². The van der Waals surface area contributed by atoms with E-state index in [1.165, 1.54) is 0 Å². The molecule has 0 aliphatic carbocycles. The van der Waals surface area contributed by atoms with Gasteiger partial charge in [-0.25, -0.2) is 0 Å². The van der Waals surface area contributed by atoms with Gasteiger partial charge < -0.3 is 15.1 Å². The normalized spacial score (nSPS) is 14.6. The third-order valence-electron chi connectivity index (χ3n) is 5.42. The summed E-state index contributed by atoms with van der Waals surface area (Å²) >= 11 is 5.94. The first-order valence-corrected chi connectivity index (χ1v) is 10.3. The Morgan fingerprint density at radius 2 is 1.59 bits per heavy atom. The molecule has 5 nitrogen and oxygen atoms in total. The Balaban J connectivity index is 1.44. The summed E-state index contributed by atoms with van der Waals surface area (Å²) in [6.07, 6.45) is 0.342. The van der Waals surface area contributed by atoms with E-state index in [1.807, 2.05) is 73.3 Å². The van der Waals surface area contributed by atoms with Crippen molar-refractivity contribution in [1.29, 1.82) is 0 Å². The average molecular weight is 414 g/mol. The maximum Gasteiger partial charge on any atom is 0.242 e. The molecule has 0 aromatic heterocycles. The number of hydrogen-bond donors (Lipinski definition) is 1. The van der Waals surface area contributed by atoms with Crippen molar-refractivity contribution >= 4 is 29.1 Å². The number of carbonyl (C=O) groups is 2. The highest BCUT2D eigenvalue weighted by atomic mass is 35.5. The number of nitrogens with zero attached hydrogens (tertiary/aromatic N) is 2. The summed E-state index contributed by atoms with van der Waals surface area (Å²) < 4.78 is 0. The molecule has 0 radical (unpaired) electrons. The zero-order valence-electron chi connectivity index (χ0n) is 17.0. The molecule has 6 heteroatoms. The van der Waals surface area contributed by atoms with Crippen LogP contribution in [0, 0.1) is 0 Å². The third kappa shape index (κ3) is 5.73. The Morgan fingerprint density at radius 1 is 0.966 bits per heavy atom. The minimum absolute atomic E-state index is 0.0355. The van der Waals surface area contributed by atoms with Crippen LogP contribution >= 0.6 is 11.6 Å². The number of hydrogen-bond acceptors (Lipinski definition) is 3. The smallest absolute Gasteiger partial charge is 0.242 e. The molecule has 3 rings (SSSR count). The first-order chi connectivity index (χ1) is 13.8. The molecule has 0 spiro atoms. The Hall–Kier alpha value is -2.53. The van der Waals surface area contributed by atoms with E-state index in [9.17, 15) is 9.59 Å². The van der Waals surface area contributed by atoms with E-state index in [4.69, 9.17) is 11.6 Å². The van der Waals surface area contributed by atoms with Crippen molar-refractivity contribution in [2.24, 2.45) is 0 Å². The number of carbonyl (C=O) groups excluding carboxylic acids is 2. The van der Waals surface area contributed by atoms with E-state index in [1.54, 1.807) is 0 Å². The van der Waals surface area contributed by atoms with Gasteiger partial charge in [-0.05, 0) is 35.2 Å². The lowest BCUT2D eigenvalue weighted by Crippen LogP contribution is -2.51. The van der Waals surface area contributed by atoms with Gasteiger partial charge in [0.05, 0.1) is 6.54 Å². The zero-order chi connectivity index (χ0) is 20.9. The Bertz CT molecular complexity index is 829. The van der Waals surface area contributed by atoms with Crippen LogP contribution in [0.25, 0.3) is 0 Å². The molecular formula is C23H28ClN3O2. The van der Waals surface area contributed by atoms with Crippen molar-refractivity contribution in [2.45, 2.75) is 25.7 Å². The van der Waals surface area contributed by atoms with Crippen LogP contribution in [-0.4, -0.2) is 49.4 Å². The summed E-state index contributed by atoms with van der Waals surface area (Å²) in [4.78, 5) is 28.9. The Labute approximate surface area is 177 Å². The second-order valence-corrected chi connectivity index (χ2v) is 8.48. The largest absolute Gasteiger partial charge is 0.368 e. The molecule has 29 heavy (non-hydrogen) atoms. The van der Waals surface area contributed by atoms with Gasteiger partial charge in [0, 0.05) is 43.3 Å². The minimum atomic E-state index is -0.279. The number of anilines is 1. The highest BCUT2D eigenvalue weighted by Crippen LogP contribution is 2.26. The minimum Gasteiger partial charge on any atom is -0.368 e. The van der Waals surface area contributed by atoms with Crippen LogP contribution in [0.2, 0.25) is 5.02 Å². The summed E-state index contributed by atoms with van der Waals surface area (Å²) in [6.45, 7) is 6.95. The SMILES string of the molecule is CC(C)(CC(=O)NCC(=O)N1CCN(c2ccc(Cl)cc2)CC1)c1ccccc1. The molecule has 154 valence electrons. The first-order valence-electron chi connectivity index (χ1n) is 9.96. The van der Waals surface area contributed by atoms with Crippen LogP contribution in [-0.2, 0) is 15.0 Å². The molecule has 1 N–H and O–H groups in total. The number of halogens is 1. The quantitative estimate of drug-likeness (QED) is 0.788. The van der Waals surface area contributed by atoms with Gasteiger partial charge in [0.1, 0.15) is 0 Å². The molecule has 2 aromatic carbocycles. The van der Waals surface area contributed by atoms with E-state index < -0.39 is 0 Å². The molecule has 0 saturated carbocycles. The van der Waals surface area contributed by atoms with Gasteiger partial charge in [-0.1, -0.05) is 55.8 Å². The lowest BCUT2D eigenvalue weighted by atomic mass is 9.81. The van der Waals surface area contributed by atoms with E-state index in [2.05, 4.69) is 10.2 Å². The van der Waals surface area contributed by atoms with Crippen LogP contribution in [0.4, 0.5) is 5.69 Å². The van der Waals surface area contributed by atoms with Crippen molar-refractivity contribution < 1.29 is 9.59 Å². The number of nitrogens with one attached hydrogen (secondary N) is 1. The van der Waals surface area contributed by atoms with Crippen LogP contribution in [0.1, 0.15) is 25.8 Å². The van der Waals surface area contributed by atoms with Gasteiger partial charge >= 0.3 is 0 Å². The van der Waals surface area contributed by atoms with Gasteiger partial charge in [0.15, 0.2) is 0 Å². The van der Waals surface area contributed by atoms with Crippen molar-refractivity contribution in [3.8, 4) is 0 Å². The fourth-order valence-corrected chi connectivity index (χ4v) is 3.73. The molecule has 2 aromatic rings. The second-order valence-electron chi connectivity index (χ2n) is 8.05. The predicted octanol–water partition coefficient (Wildman–Crippen LogP) is 3.47. The number of piperazine rings is 1. The Morgan fingerprint density at radius 3 is 2.21 bits per heavy atom. The maximum atomic E-state index is 12.5. The summed E-state index contributed by atoms with van der Waals surface area (Å²) in [5.74, 6) is -0.140. The van der Waals surface area contributed by atoms with Crippen LogP contribution in [0.15, 0.2) is 54.6 Å². The van der Waals surface area contributed by atoms with Gasteiger partial charge in [-0.2, -0.15) is 0 Å². The number of amides is 2. The summed E-state index contributed by atoms with van der Waals surface area (Å²) in [5.41, 5.74) is 1.94. The van der Waals surface area contributed by atoms with Crippen LogP contribution in [0.5, 0.6) is 0 Å². The highest BCUT2D eigenvalue weighted by molar-refractivity contribution is 6.30. The molecule has 2 amide bonds. The average Bonchev–Trinajstić information content (AvgIpc) is 2.73. The van der Waals surface area contributed by atoms with Gasteiger partial charge in [0.2, 0.25) is 11.8 Å². The van der Waals surface area contributed by atoms with Crippen molar-refractivity contribution in [2.75, 3.05) is 37.6 Å². The summed E-state index contributed by atoms with van der Waals surface area (Å²) in [6, 6.07) is 17.7. The topological polar surface area (TPSA) is 52.7 Å². The lowest BCUT2D eigenvalue weighted by Gasteiger charge is -2.36. The van der Waals surface area contributed by atoms with E-state index in [0.717, 1.165) is 24.3 Å². The van der Waals surface area contributed by atoms with Crippen LogP contribution < -0.4 is 10.2 Å². The molecule has 1 fully saturated rings. The zero-order valence-corrected chi connectivity index (χ0v) is 17.8. The van der Waals surface area contributed by atoms with Crippen molar-refractivity contribution in [1.82, 2.24) is 10.2 Å². The summed E-state index contributed by atoms with van der Waals surface area (Å²) in [5, 5.41) is 3.51. The second kappa shape index (κ2) is 9.31. The molecule has 1 aliphatic heterocycles. The molecule has 0 unspecified atom stereocenters. The molecule has 0 bridgehead atoms. The van der Waals surface area contributed by atoms with Gasteiger partial charge in [-0.3, -0.25) is 9.59 Å². The third-order valence-corrected chi connectivity index (χ3v) is 5.67. The fraction of sp³-hybridized carbons (Fsp3) is 0.391.